The maximum atomic E-state index is 12.0. The second-order valence-electron chi connectivity index (χ2n) is 7.31. The van der Waals surface area contributed by atoms with Crippen molar-refractivity contribution in [2.24, 2.45) is 0 Å². The molecule has 2 aromatic rings. The molecule has 0 unspecified atom stereocenters. The smallest absolute Gasteiger partial charge is 0.349 e. The second-order valence-corrected chi connectivity index (χ2v) is 7.31. The van der Waals surface area contributed by atoms with Crippen LogP contribution in [0, 0.1) is 0 Å². The van der Waals surface area contributed by atoms with Crippen LogP contribution in [0.1, 0.15) is 27.2 Å². The largest absolute Gasteiger partial charge is 0.493 e. The van der Waals surface area contributed by atoms with E-state index < -0.39 is 11.6 Å². The van der Waals surface area contributed by atoms with Gasteiger partial charge in [0.1, 0.15) is 23.9 Å². The number of para-hydroxylation sites is 2. The third-order valence-electron chi connectivity index (χ3n) is 4.61. The van der Waals surface area contributed by atoms with Gasteiger partial charge in [-0.2, -0.15) is 0 Å². The van der Waals surface area contributed by atoms with Crippen molar-refractivity contribution in [3.63, 3.8) is 0 Å². The Kier molecular flexibility index (Phi) is 6.86. The molecule has 0 amide bonds. The first kappa shape index (κ1) is 20.8. The van der Waals surface area contributed by atoms with E-state index in [2.05, 4.69) is 11.0 Å². The first-order valence-corrected chi connectivity index (χ1v) is 10.1. The Morgan fingerprint density at radius 3 is 2.76 bits per heavy atom. The van der Waals surface area contributed by atoms with Crippen molar-refractivity contribution in [1.82, 2.24) is 0 Å². The number of nitrogens with zero attached hydrogens (tertiary/aromatic N) is 1. The lowest BCUT2D eigenvalue weighted by Crippen LogP contribution is -2.39. The van der Waals surface area contributed by atoms with Crippen molar-refractivity contribution < 1.29 is 23.7 Å². The van der Waals surface area contributed by atoms with E-state index in [1.165, 1.54) is 0 Å². The molecular weight excluding hydrogens is 370 g/mol. The zero-order valence-corrected chi connectivity index (χ0v) is 17.3. The highest BCUT2D eigenvalue weighted by Crippen LogP contribution is 2.31. The van der Waals surface area contributed by atoms with Gasteiger partial charge in [0.15, 0.2) is 5.60 Å². The van der Waals surface area contributed by atoms with Crippen LogP contribution in [0.3, 0.4) is 0 Å². The third kappa shape index (κ3) is 5.56. The van der Waals surface area contributed by atoms with Gasteiger partial charge in [0.05, 0.1) is 25.4 Å². The molecule has 0 N–H and O–H groups in total. The zero-order chi connectivity index (χ0) is 20.7. The molecule has 2 aromatic carbocycles. The van der Waals surface area contributed by atoms with E-state index in [-0.39, 0.29) is 0 Å². The fourth-order valence-corrected chi connectivity index (χ4v) is 3.17. The molecule has 0 saturated heterocycles. The summed E-state index contributed by atoms with van der Waals surface area (Å²) in [6.07, 6.45) is 0.883. The second kappa shape index (κ2) is 9.54. The normalized spacial score (nSPS) is 13.3. The third-order valence-corrected chi connectivity index (χ3v) is 4.61. The van der Waals surface area contributed by atoms with Crippen LogP contribution in [-0.4, -0.2) is 44.5 Å². The van der Waals surface area contributed by atoms with E-state index in [0.717, 1.165) is 30.9 Å². The molecule has 3 rings (SSSR count). The van der Waals surface area contributed by atoms with Gasteiger partial charge in [-0.25, -0.2) is 4.79 Å². The van der Waals surface area contributed by atoms with Gasteiger partial charge >= 0.3 is 5.97 Å². The van der Waals surface area contributed by atoms with E-state index in [1.54, 1.807) is 32.9 Å². The molecule has 1 heterocycles. The Balaban J connectivity index is 1.50. The van der Waals surface area contributed by atoms with Gasteiger partial charge in [0.25, 0.3) is 0 Å². The molecule has 0 saturated carbocycles. The van der Waals surface area contributed by atoms with Crippen LogP contribution in [0.25, 0.3) is 0 Å². The number of esters is 1. The van der Waals surface area contributed by atoms with Crippen LogP contribution in [-0.2, 0) is 9.53 Å². The number of hydrogen-bond acceptors (Lipinski definition) is 6. The van der Waals surface area contributed by atoms with Gasteiger partial charge in [0, 0.05) is 12.6 Å². The number of anilines is 1. The van der Waals surface area contributed by atoms with Crippen molar-refractivity contribution in [3.8, 4) is 17.2 Å². The maximum Gasteiger partial charge on any atom is 0.349 e. The van der Waals surface area contributed by atoms with Crippen molar-refractivity contribution >= 4 is 11.7 Å². The molecule has 0 spiro atoms. The number of hydrogen-bond donors (Lipinski definition) is 0. The molecule has 156 valence electrons. The SMILES string of the molecule is CCOC(=O)C(C)(C)Oc1cccc(OCCCN2CCOc3ccccc32)c1. The molecule has 6 nitrogen and oxygen atoms in total. The monoisotopic (exact) mass is 399 g/mol. The maximum absolute atomic E-state index is 12.0. The van der Waals surface area contributed by atoms with Gasteiger partial charge in [-0.15, -0.1) is 0 Å². The average molecular weight is 399 g/mol. The summed E-state index contributed by atoms with van der Waals surface area (Å²) in [5, 5.41) is 0. The summed E-state index contributed by atoms with van der Waals surface area (Å²) in [6, 6.07) is 15.4. The summed E-state index contributed by atoms with van der Waals surface area (Å²) in [7, 11) is 0. The number of benzene rings is 2. The molecule has 6 heteroatoms. The van der Waals surface area contributed by atoms with Crippen molar-refractivity contribution in [2.75, 3.05) is 37.8 Å². The summed E-state index contributed by atoms with van der Waals surface area (Å²) < 4.78 is 22.5. The number of rotatable bonds is 9. The predicted octanol–water partition coefficient (Wildman–Crippen LogP) is 4.08. The van der Waals surface area contributed by atoms with Gasteiger partial charge in [-0.3, -0.25) is 0 Å². The van der Waals surface area contributed by atoms with E-state index in [1.807, 2.05) is 30.3 Å². The number of fused-ring (bicyclic) bond motifs is 1. The summed E-state index contributed by atoms with van der Waals surface area (Å²) in [5.74, 6) is 1.83. The van der Waals surface area contributed by atoms with Crippen LogP contribution in [0.15, 0.2) is 48.5 Å². The molecular formula is C23H29NO5. The Bertz CT molecular complexity index is 820. The molecule has 0 aliphatic carbocycles. The quantitative estimate of drug-likeness (QED) is 0.468. The lowest BCUT2D eigenvalue weighted by molar-refractivity contribution is -0.158. The van der Waals surface area contributed by atoms with E-state index in [9.17, 15) is 4.79 Å². The highest BCUT2D eigenvalue weighted by molar-refractivity contribution is 5.79. The van der Waals surface area contributed by atoms with Crippen molar-refractivity contribution in [1.29, 1.82) is 0 Å². The van der Waals surface area contributed by atoms with Crippen molar-refractivity contribution in [3.05, 3.63) is 48.5 Å². The molecule has 0 bridgehead atoms. The topological polar surface area (TPSA) is 57.2 Å². The van der Waals surface area contributed by atoms with E-state index in [0.29, 0.717) is 31.3 Å². The minimum atomic E-state index is -1.06. The van der Waals surface area contributed by atoms with Gasteiger partial charge in [-0.1, -0.05) is 18.2 Å². The number of carbonyl (C=O) groups excluding carboxylic acids is 1. The Hall–Kier alpha value is -2.89. The Morgan fingerprint density at radius 1 is 1.14 bits per heavy atom. The summed E-state index contributed by atoms with van der Waals surface area (Å²) >= 11 is 0. The molecule has 0 atom stereocenters. The predicted molar refractivity (Wildman–Crippen MR) is 112 cm³/mol. The molecule has 1 aliphatic heterocycles. The summed E-state index contributed by atoms with van der Waals surface area (Å²) in [6.45, 7) is 8.55. The molecule has 0 fully saturated rings. The zero-order valence-electron chi connectivity index (χ0n) is 17.3. The van der Waals surface area contributed by atoms with Gasteiger partial charge in [0.2, 0.25) is 0 Å². The lowest BCUT2D eigenvalue weighted by Gasteiger charge is -2.31. The number of carbonyl (C=O) groups is 1. The van der Waals surface area contributed by atoms with E-state index in [4.69, 9.17) is 18.9 Å². The van der Waals surface area contributed by atoms with Crippen LogP contribution >= 0.6 is 0 Å². The molecule has 0 radical (unpaired) electrons. The highest BCUT2D eigenvalue weighted by atomic mass is 16.6. The summed E-state index contributed by atoms with van der Waals surface area (Å²) in [4.78, 5) is 14.3. The minimum absolute atomic E-state index is 0.322. The first-order valence-electron chi connectivity index (χ1n) is 10.1. The van der Waals surface area contributed by atoms with Gasteiger partial charge in [-0.05, 0) is 51.5 Å². The van der Waals surface area contributed by atoms with Crippen LogP contribution in [0.2, 0.25) is 0 Å². The highest BCUT2D eigenvalue weighted by Gasteiger charge is 2.31. The minimum Gasteiger partial charge on any atom is -0.493 e. The Morgan fingerprint density at radius 2 is 1.93 bits per heavy atom. The summed E-state index contributed by atoms with van der Waals surface area (Å²) in [5.41, 5.74) is 0.0774. The number of ether oxygens (including phenoxy) is 4. The van der Waals surface area contributed by atoms with Crippen LogP contribution in [0.4, 0.5) is 5.69 Å². The fourth-order valence-electron chi connectivity index (χ4n) is 3.17. The van der Waals surface area contributed by atoms with Crippen molar-refractivity contribution in [2.45, 2.75) is 32.8 Å². The van der Waals surface area contributed by atoms with Crippen LogP contribution in [0.5, 0.6) is 17.2 Å². The Labute approximate surface area is 172 Å². The standard InChI is InChI=1S/C23H29NO5/c1-4-26-22(25)23(2,3)29-19-10-7-9-18(17-19)27-15-8-13-24-14-16-28-21-12-6-5-11-20(21)24/h5-7,9-12,17H,4,8,13-16H2,1-3H3. The molecule has 1 aliphatic rings. The van der Waals surface area contributed by atoms with E-state index >= 15 is 0 Å². The van der Waals surface area contributed by atoms with Crippen LogP contribution < -0.4 is 19.1 Å². The fraction of sp³-hybridized carbons (Fsp3) is 0.435. The lowest BCUT2D eigenvalue weighted by atomic mass is 10.1. The average Bonchev–Trinajstić information content (AvgIpc) is 2.71. The first-order chi connectivity index (χ1) is 14.0. The van der Waals surface area contributed by atoms with Gasteiger partial charge < -0.3 is 23.8 Å². The molecule has 0 aromatic heterocycles. The molecule has 29 heavy (non-hydrogen) atoms.